The van der Waals surface area contributed by atoms with Gasteiger partial charge in [0.2, 0.25) is 0 Å². The predicted octanol–water partition coefficient (Wildman–Crippen LogP) is 4.79. The van der Waals surface area contributed by atoms with Crippen molar-refractivity contribution in [3.8, 4) is 11.5 Å². The van der Waals surface area contributed by atoms with Crippen LogP contribution in [-0.2, 0) is 6.18 Å². The van der Waals surface area contributed by atoms with E-state index in [1.165, 1.54) is 25.5 Å². The lowest BCUT2D eigenvalue weighted by Crippen LogP contribution is -2.05. The summed E-state index contributed by atoms with van der Waals surface area (Å²) in [5.74, 6) is 0.318. The number of phenolic OH excluding ortho intramolecular Hbond substituents is 1. The number of aromatic hydroxyl groups is 1. The largest absolute Gasteiger partial charge is 0.503 e. The van der Waals surface area contributed by atoms with Crippen molar-refractivity contribution in [2.24, 2.45) is 5.10 Å². The Labute approximate surface area is 151 Å². The number of pyridine rings is 1. The Morgan fingerprint density at radius 2 is 2.00 bits per heavy atom. The zero-order valence-corrected chi connectivity index (χ0v) is 15.2. The van der Waals surface area contributed by atoms with Gasteiger partial charge in [-0.25, -0.2) is 4.98 Å². The fourth-order valence-electron chi connectivity index (χ4n) is 1.66. The molecule has 2 aromatic rings. The molecule has 10 heteroatoms. The molecule has 0 amide bonds. The van der Waals surface area contributed by atoms with Crippen LogP contribution in [0.25, 0.3) is 0 Å². The van der Waals surface area contributed by atoms with Crippen LogP contribution in [0.15, 0.2) is 38.4 Å². The molecule has 1 aromatic carbocycles. The minimum atomic E-state index is -4.44. The van der Waals surface area contributed by atoms with E-state index in [0.29, 0.717) is 20.7 Å². The van der Waals surface area contributed by atoms with E-state index in [4.69, 9.17) is 4.74 Å². The Balaban J connectivity index is 2.16. The third-order valence-corrected chi connectivity index (χ3v) is 5.03. The molecule has 0 radical (unpaired) electrons. The molecule has 0 aliphatic heterocycles. The number of halogens is 5. The highest BCUT2D eigenvalue weighted by molar-refractivity contribution is 9.13. The second-order valence-corrected chi connectivity index (χ2v) is 6.03. The van der Waals surface area contributed by atoms with Gasteiger partial charge in [-0.15, -0.1) is 0 Å². The number of hydrogen-bond donors (Lipinski definition) is 2. The lowest BCUT2D eigenvalue weighted by molar-refractivity contribution is -0.137. The second-order valence-electron chi connectivity index (χ2n) is 4.44. The summed E-state index contributed by atoms with van der Waals surface area (Å²) in [6.07, 6.45) is -2.32. The molecule has 2 rings (SSSR count). The second kappa shape index (κ2) is 7.39. The molecule has 2 N–H and O–H groups in total. The average Bonchev–Trinajstić information content (AvgIpc) is 2.54. The maximum absolute atomic E-state index is 12.4. The summed E-state index contributed by atoms with van der Waals surface area (Å²) >= 11 is 6.50. The summed E-state index contributed by atoms with van der Waals surface area (Å²) < 4.78 is 43.3. The van der Waals surface area contributed by atoms with Gasteiger partial charge in [-0.3, -0.25) is 5.43 Å². The number of nitrogens with one attached hydrogen (secondary N) is 1. The summed E-state index contributed by atoms with van der Waals surface area (Å²) in [4.78, 5) is 3.63. The zero-order valence-electron chi connectivity index (χ0n) is 12.0. The first-order chi connectivity index (χ1) is 11.2. The van der Waals surface area contributed by atoms with E-state index in [1.807, 2.05) is 0 Å². The first-order valence-electron chi connectivity index (χ1n) is 6.31. The molecule has 0 bridgehead atoms. The number of alkyl halides is 3. The number of phenols is 1. The van der Waals surface area contributed by atoms with Crippen LogP contribution in [0.5, 0.6) is 11.5 Å². The standard InChI is InChI=1S/C14H10Br2F3N3O2/c1-24-9-4-7(11(15)12(16)13(9)23)5-21-22-10-3-2-8(6-20-10)14(17,18)19/h2-6,23H,1H3,(H,20,22)/b21-5-. The van der Waals surface area contributed by atoms with E-state index >= 15 is 0 Å². The van der Waals surface area contributed by atoms with Crippen LogP contribution in [0.3, 0.4) is 0 Å². The third kappa shape index (κ3) is 4.18. The smallest absolute Gasteiger partial charge is 0.417 e. The molecule has 5 nitrogen and oxygen atoms in total. The minimum absolute atomic E-state index is 0.0705. The van der Waals surface area contributed by atoms with Gasteiger partial charge in [0.15, 0.2) is 11.5 Å². The van der Waals surface area contributed by atoms with Crippen LogP contribution >= 0.6 is 31.9 Å². The number of methoxy groups -OCH3 is 1. The highest BCUT2D eigenvalue weighted by Gasteiger charge is 2.30. The monoisotopic (exact) mass is 467 g/mol. The molecule has 0 aliphatic carbocycles. The maximum atomic E-state index is 12.4. The van der Waals surface area contributed by atoms with Gasteiger partial charge in [0.25, 0.3) is 0 Å². The van der Waals surface area contributed by atoms with E-state index in [9.17, 15) is 18.3 Å². The molecule has 0 aliphatic rings. The molecule has 0 saturated heterocycles. The maximum Gasteiger partial charge on any atom is 0.417 e. The number of aromatic nitrogens is 1. The van der Waals surface area contributed by atoms with Gasteiger partial charge < -0.3 is 9.84 Å². The molecule has 0 saturated carbocycles. The predicted molar refractivity (Wildman–Crippen MR) is 90.5 cm³/mol. The minimum Gasteiger partial charge on any atom is -0.503 e. The topological polar surface area (TPSA) is 66.7 Å². The molecule has 24 heavy (non-hydrogen) atoms. The van der Waals surface area contributed by atoms with Crippen molar-refractivity contribution in [2.45, 2.75) is 6.18 Å². The Hall–Kier alpha value is -1.81. The van der Waals surface area contributed by atoms with Crippen LogP contribution in [0.4, 0.5) is 19.0 Å². The molecule has 1 aromatic heterocycles. The summed E-state index contributed by atoms with van der Waals surface area (Å²) in [6.45, 7) is 0. The normalized spacial score (nSPS) is 11.8. The van der Waals surface area contributed by atoms with Gasteiger partial charge >= 0.3 is 6.18 Å². The van der Waals surface area contributed by atoms with Gasteiger partial charge in [-0.05, 0) is 50.1 Å². The summed E-state index contributed by atoms with van der Waals surface area (Å²) in [7, 11) is 1.40. The molecular weight excluding hydrogens is 459 g/mol. The number of hydrazone groups is 1. The molecule has 128 valence electrons. The van der Waals surface area contributed by atoms with Crippen LogP contribution in [0, 0.1) is 0 Å². The van der Waals surface area contributed by atoms with E-state index in [1.54, 1.807) is 0 Å². The van der Waals surface area contributed by atoms with Crippen molar-refractivity contribution in [1.29, 1.82) is 0 Å². The Morgan fingerprint density at radius 1 is 1.29 bits per heavy atom. The lowest BCUT2D eigenvalue weighted by Gasteiger charge is -2.09. The lowest BCUT2D eigenvalue weighted by atomic mass is 10.2. The summed E-state index contributed by atoms with van der Waals surface area (Å²) in [5.41, 5.74) is 2.25. The van der Waals surface area contributed by atoms with Crippen molar-refractivity contribution < 1.29 is 23.0 Å². The van der Waals surface area contributed by atoms with Crippen molar-refractivity contribution in [3.63, 3.8) is 0 Å². The number of benzene rings is 1. The van der Waals surface area contributed by atoms with Crippen molar-refractivity contribution in [1.82, 2.24) is 4.98 Å². The molecular formula is C14H10Br2F3N3O2. The van der Waals surface area contributed by atoms with E-state index in [-0.39, 0.29) is 17.3 Å². The fourth-order valence-corrected chi connectivity index (χ4v) is 2.49. The molecule has 0 fully saturated rings. The number of hydrogen-bond acceptors (Lipinski definition) is 5. The van der Waals surface area contributed by atoms with Gasteiger partial charge in [-0.2, -0.15) is 18.3 Å². The van der Waals surface area contributed by atoms with Gasteiger partial charge in [-0.1, -0.05) is 0 Å². The summed E-state index contributed by atoms with van der Waals surface area (Å²) in [6, 6.07) is 3.61. The van der Waals surface area contributed by atoms with E-state index in [0.717, 1.165) is 6.07 Å². The number of ether oxygens (including phenoxy) is 1. The number of anilines is 1. The Bertz CT molecular complexity index is 765. The molecule has 0 atom stereocenters. The Morgan fingerprint density at radius 3 is 2.54 bits per heavy atom. The van der Waals surface area contributed by atoms with Crippen molar-refractivity contribution in [3.05, 3.63) is 44.5 Å². The molecule has 0 spiro atoms. The quantitative estimate of drug-likeness (QED) is 0.500. The van der Waals surface area contributed by atoms with Crippen LogP contribution in [0.2, 0.25) is 0 Å². The number of rotatable bonds is 4. The highest BCUT2D eigenvalue weighted by atomic mass is 79.9. The first-order valence-corrected chi connectivity index (χ1v) is 7.90. The van der Waals surface area contributed by atoms with Gasteiger partial charge in [0.05, 0.1) is 23.4 Å². The third-order valence-electron chi connectivity index (χ3n) is 2.87. The van der Waals surface area contributed by atoms with Crippen molar-refractivity contribution >= 4 is 43.9 Å². The molecule has 0 unspecified atom stereocenters. The van der Waals surface area contributed by atoms with Crippen LogP contribution in [-0.4, -0.2) is 23.4 Å². The van der Waals surface area contributed by atoms with E-state index in [2.05, 4.69) is 47.4 Å². The van der Waals surface area contributed by atoms with Gasteiger partial charge in [0.1, 0.15) is 5.82 Å². The fraction of sp³-hybridized carbons (Fsp3) is 0.143. The summed E-state index contributed by atoms with van der Waals surface area (Å²) in [5, 5.41) is 13.7. The van der Waals surface area contributed by atoms with E-state index < -0.39 is 11.7 Å². The van der Waals surface area contributed by atoms with Crippen molar-refractivity contribution in [2.75, 3.05) is 12.5 Å². The van der Waals surface area contributed by atoms with Crippen LogP contribution < -0.4 is 10.2 Å². The SMILES string of the molecule is COc1cc(/C=N\Nc2ccc(C(F)(F)F)cn2)c(Br)c(Br)c1O. The average molecular weight is 469 g/mol. The van der Waals surface area contributed by atoms with Crippen LogP contribution in [0.1, 0.15) is 11.1 Å². The number of nitrogens with zero attached hydrogens (tertiary/aromatic N) is 2. The first kappa shape index (κ1) is 18.5. The Kier molecular flexibility index (Phi) is 5.70. The van der Waals surface area contributed by atoms with Gasteiger partial charge in [0, 0.05) is 16.2 Å². The highest BCUT2D eigenvalue weighted by Crippen LogP contribution is 2.41. The molecule has 1 heterocycles. The zero-order chi connectivity index (χ0) is 17.9.